The summed E-state index contributed by atoms with van der Waals surface area (Å²) in [4.78, 5) is 19.0. The Kier molecular flexibility index (Phi) is 7.06. The molecule has 0 saturated carbocycles. The molecule has 0 aliphatic heterocycles. The Hall–Kier alpha value is -3.22. The van der Waals surface area contributed by atoms with Crippen LogP contribution >= 0.6 is 11.3 Å². The molecule has 2 aromatic carbocycles. The Morgan fingerprint density at radius 3 is 2.42 bits per heavy atom. The smallest absolute Gasteiger partial charge is 0.272 e. The van der Waals surface area contributed by atoms with Gasteiger partial charge in [-0.3, -0.25) is 4.79 Å². The van der Waals surface area contributed by atoms with Gasteiger partial charge in [-0.05, 0) is 62.6 Å². The summed E-state index contributed by atoms with van der Waals surface area (Å²) >= 11 is 1.63. The van der Waals surface area contributed by atoms with E-state index in [4.69, 9.17) is 5.10 Å². The topological polar surface area (TPSA) is 41.4 Å². The van der Waals surface area contributed by atoms with Crippen molar-refractivity contribution in [1.82, 2.24) is 19.6 Å². The molecule has 5 nitrogen and oxygen atoms in total. The van der Waals surface area contributed by atoms with E-state index in [1.165, 1.54) is 5.56 Å². The summed E-state index contributed by atoms with van der Waals surface area (Å²) in [6, 6.07) is 22.4. The Labute approximate surface area is 199 Å². The van der Waals surface area contributed by atoms with Crippen molar-refractivity contribution in [2.24, 2.45) is 0 Å². The summed E-state index contributed by atoms with van der Waals surface area (Å²) in [7, 11) is 4.06. The number of carbonyl (C=O) groups excluding carboxylic acids is 1. The SMILES string of the molecule is Cc1ccc(-n2nc(-c3cccs3)cc2C(=O)N(CCN(C)C)Cc2ccccc2)c(C)c1. The van der Waals surface area contributed by atoms with Crippen molar-refractivity contribution < 1.29 is 4.79 Å². The second-order valence-corrected chi connectivity index (χ2v) is 9.56. The number of aryl methyl sites for hydroxylation is 2. The first-order valence-electron chi connectivity index (χ1n) is 11.1. The van der Waals surface area contributed by atoms with E-state index in [1.54, 1.807) is 11.3 Å². The standard InChI is InChI=1S/C27H30N4OS/c1-20-12-13-24(21(2)17-20)31-25(18-23(28-31)26-11-8-16-33-26)27(32)30(15-14-29(3)4)19-22-9-6-5-7-10-22/h5-13,16-18H,14-15,19H2,1-4H3. The van der Waals surface area contributed by atoms with E-state index in [0.29, 0.717) is 18.8 Å². The molecule has 0 bridgehead atoms. The van der Waals surface area contributed by atoms with Crippen LogP contribution in [0.25, 0.3) is 16.3 Å². The molecule has 0 fully saturated rings. The molecule has 4 aromatic rings. The molecule has 0 atom stereocenters. The number of aromatic nitrogens is 2. The maximum atomic E-state index is 14.0. The van der Waals surface area contributed by atoms with Gasteiger partial charge in [-0.1, -0.05) is 54.1 Å². The summed E-state index contributed by atoms with van der Waals surface area (Å²) in [5, 5.41) is 6.92. The predicted molar refractivity (Wildman–Crippen MR) is 136 cm³/mol. The molecule has 33 heavy (non-hydrogen) atoms. The number of amides is 1. The minimum absolute atomic E-state index is 0.0176. The minimum atomic E-state index is -0.0176. The number of likely N-dealkylation sites (N-methyl/N-ethyl adjacent to an activating group) is 1. The zero-order valence-corrected chi connectivity index (χ0v) is 20.5. The number of rotatable bonds is 8. The van der Waals surface area contributed by atoms with E-state index in [-0.39, 0.29) is 5.91 Å². The quantitative estimate of drug-likeness (QED) is 0.354. The second kappa shape index (κ2) is 10.1. The molecule has 6 heteroatoms. The summed E-state index contributed by atoms with van der Waals surface area (Å²) in [6.07, 6.45) is 0. The molecule has 0 saturated heterocycles. The van der Waals surface area contributed by atoms with Crippen LogP contribution in [0, 0.1) is 13.8 Å². The summed E-state index contributed by atoms with van der Waals surface area (Å²) in [5.74, 6) is -0.0176. The largest absolute Gasteiger partial charge is 0.332 e. The van der Waals surface area contributed by atoms with Crippen LogP contribution in [0.1, 0.15) is 27.2 Å². The van der Waals surface area contributed by atoms with Gasteiger partial charge in [0.2, 0.25) is 0 Å². The summed E-state index contributed by atoms with van der Waals surface area (Å²) in [6.45, 7) is 6.11. The molecular formula is C27H30N4OS. The normalized spacial score (nSPS) is 11.2. The molecule has 0 spiro atoms. The number of hydrogen-bond acceptors (Lipinski definition) is 4. The van der Waals surface area contributed by atoms with Gasteiger partial charge in [-0.25, -0.2) is 4.68 Å². The van der Waals surface area contributed by atoms with E-state index in [1.807, 2.05) is 71.5 Å². The van der Waals surface area contributed by atoms with E-state index < -0.39 is 0 Å². The number of carbonyl (C=O) groups is 1. The third-order valence-electron chi connectivity index (χ3n) is 5.60. The van der Waals surface area contributed by atoms with Gasteiger partial charge in [0.25, 0.3) is 5.91 Å². The average molecular weight is 459 g/mol. The Bertz CT molecular complexity index is 1210. The molecule has 0 radical (unpaired) electrons. The van der Waals surface area contributed by atoms with Gasteiger partial charge in [0.05, 0.1) is 10.6 Å². The molecule has 0 N–H and O–H groups in total. The van der Waals surface area contributed by atoms with Crippen LogP contribution in [0.2, 0.25) is 0 Å². The Balaban J connectivity index is 1.77. The van der Waals surface area contributed by atoms with Gasteiger partial charge in [0.1, 0.15) is 11.4 Å². The molecule has 0 unspecified atom stereocenters. The van der Waals surface area contributed by atoms with Crippen LogP contribution in [-0.4, -0.2) is 52.7 Å². The fourth-order valence-corrected chi connectivity index (χ4v) is 4.53. The van der Waals surface area contributed by atoms with Gasteiger partial charge in [-0.15, -0.1) is 11.3 Å². The van der Waals surface area contributed by atoms with Crippen LogP contribution < -0.4 is 0 Å². The lowest BCUT2D eigenvalue weighted by atomic mass is 10.1. The zero-order chi connectivity index (χ0) is 23.4. The van der Waals surface area contributed by atoms with Crippen LogP contribution in [0.4, 0.5) is 0 Å². The van der Waals surface area contributed by atoms with Gasteiger partial charge in [0, 0.05) is 19.6 Å². The Morgan fingerprint density at radius 1 is 0.970 bits per heavy atom. The highest BCUT2D eigenvalue weighted by molar-refractivity contribution is 7.13. The fourth-order valence-electron chi connectivity index (χ4n) is 3.84. The van der Waals surface area contributed by atoms with E-state index in [2.05, 4.69) is 43.0 Å². The Morgan fingerprint density at radius 2 is 1.76 bits per heavy atom. The lowest BCUT2D eigenvalue weighted by Crippen LogP contribution is -2.37. The number of nitrogens with zero attached hydrogens (tertiary/aromatic N) is 4. The van der Waals surface area contributed by atoms with Crippen molar-refractivity contribution >= 4 is 17.2 Å². The second-order valence-electron chi connectivity index (χ2n) is 8.61. The number of thiophene rings is 1. The monoisotopic (exact) mass is 458 g/mol. The van der Waals surface area contributed by atoms with Crippen molar-refractivity contribution in [2.45, 2.75) is 20.4 Å². The third kappa shape index (κ3) is 5.41. The minimum Gasteiger partial charge on any atom is -0.332 e. The zero-order valence-electron chi connectivity index (χ0n) is 19.7. The van der Waals surface area contributed by atoms with Gasteiger partial charge in [-0.2, -0.15) is 5.10 Å². The van der Waals surface area contributed by atoms with Crippen molar-refractivity contribution in [2.75, 3.05) is 27.2 Å². The first-order chi connectivity index (χ1) is 15.9. The lowest BCUT2D eigenvalue weighted by molar-refractivity contribution is 0.0722. The maximum absolute atomic E-state index is 14.0. The number of benzene rings is 2. The highest BCUT2D eigenvalue weighted by Crippen LogP contribution is 2.28. The predicted octanol–water partition coefficient (Wildman–Crippen LogP) is 5.42. The average Bonchev–Trinajstić information content (AvgIpc) is 3.47. The van der Waals surface area contributed by atoms with Crippen LogP contribution in [0.5, 0.6) is 0 Å². The summed E-state index contributed by atoms with van der Waals surface area (Å²) in [5.41, 5.74) is 5.72. The molecule has 170 valence electrons. The van der Waals surface area contributed by atoms with Crippen molar-refractivity contribution in [1.29, 1.82) is 0 Å². The summed E-state index contributed by atoms with van der Waals surface area (Å²) < 4.78 is 1.82. The molecule has 4 rings (SSSR count). The first-order valence-corrected chi connectivity index (χ1v) is 12.0. The third-order valence-corrected chi connectivity index (χ3v) is 6.50. The lowest BCUT2D eigenvalue weighted by Gasteiger charge is -2.25. The molecule has 2 aromatic heterocycles. The molecular weight excluding hydrogens is 428 g/mol. The molecule has 1 amide bonds. The van der Waals surface area contributed by atoms with Crippen LogP contribution in [-0.2, 0) is 6.54 Å². The highest BCUT2D eigenvalue weighted by Gasteiger charge is 2.24. The van der Waals surface area contributed by atoms with Gasteiger partial charge in [0.15, 0.2) is 0 Å². The maximum Gasteiger partial charge on any atom is 0.272 e. The van der Waals surface area contributed by atoms with E-state index in [9.17, 15) is 4.79 Å². The van der Waals surface area contributed by atoms with Crippen molar-refractivity contribution in [3.05, 3.63) is 94.5 Å². The number of hydrogen-bond donors (Lipinski definition) is 0. The highest BCUT2D eigenvalue weighted by atomic mass is 32.1. The van der Waals surface area contributed by atoms with Crippen molar-refractivity contribution in [3.63, 3.8) is 0 Å². The van der Waals surface area contributed by atoms with Crippen molar-refractivity contribution in [3.8, 4) is 16.3 Å². The van der Waals surface area contributed by atoms with E-state index in [0.717, 1.165) is 33.9 Å². The van der Waals surface area contributed by atoms with Gasteiger partial charge < -0.3 is 9.80 Å². The molecule has 0 aliphatic carbocycles. The molecule has 2 heterocycles. The van der Waals surface area contributed by atoms with E-state index >= 15 is 0 Å². The van der Waals surface area contributed by atoms with Gasteiger partial charge >= 0.3 is 0 Å². The fraction of sp³-hybridized carbons (Fsp3) is 0.259. The molecule has 0 aliphatic rings. The van der Waals surface area contributed by atoms with Crippen LogP contribution in [0.15, 0.2) is 72.1 Å². The van der Waals surface area contributed by atoms with Crippen LogP contribution in [0.3, 0.4) is 0 Å². The first kappa shape index (κ1) is 23.0.